The standard InChI is InChI=1S/C22H29N5O7S/c1-11(19(30)26-16(22(33)34)6-7-18(28)29)25-21(32)17(10-35)27-20(31)14(23)8-12-9-24-15-5-3-2-4-13(12)15/h2-5,9,11,14,16-17,24,35H,6-8,10,23H2,1H3,(H,25,32)(H,26,30)(H,27,31)(H,28,29)(H,33,34). The molecule has 0 radical (unpaired) electrons. The Hall–Kier alpha value is -3.58. The Balaban J connectivity index is 1.92. The van der Waals surface area contributed by atoms with E-state index in [0.717, 1.165) is 16.5 Å². The summed E-state index contributed by atoms with van der Waals surface area (Å²) in [5.41, 5.74) is 7.79. The Morgan fingerprint density at radius 2 is 1.66 bits per heavy atom. The monoisotopic (exact) mass is 507 g/mol. The van der Waals surface area contributed by atoms with Gasteiger partial charge in [-0.05, 0) is 31.4 Å². The number of aliphatic carboxylic acids is 2. The molecule has 1 heterocycles. The maximum absolute atomic E-state index is 12.6. The first kappa shape index (κ1) is 27.7. The number of fused-ring (bicyclic) bond motifs is 1. The highest BCUT2D eigenvalue weighted by Crippen LogP contribution is 2.18. The van der Waals surface area contributed by atoms with Crippen LogP contribution in [0.3, 0.4) is 0 Å². The number of aromatic amines is 1. The molecule has 0 spiro atoms. The number of nitrogens with one attached hydrogen (secondary N) is 4. The molecule has 4 unspecified atom stereocenters. The highest BCUT2D eigenvalue weighted by molar-refractivity contribution is 7.80. The summed E-state index contributed by atoms with van der Waals surface area (Å²) in [6.07, 6.45) is 1.22. The molecule has 0 saturated carbocycles. The molecule has 0 saturated heterocycles. The SMILES string of the molecule is CC(NC(=O)C(CS)NC(=O)C(N)Cc1c[nH]c2ccccc12)C(=O)NC(CCC(=O)O)C(=O)O. The molecule has 13 heteroatoms. The van der Waals surface area contributed by atoms with E-state index < -0.39 is 60.2 Å². The lowest BCUT2D eigenvalue weighted by Gasteiger charge is -2.22. The number of rotatable bonds is 13. The van der Waals surface area contributed by atoms with Gasteiger partial charge in [0, 0.05) is 29.3 Å². The van der Waals surface area contributed by atoms with E-state index in [4.69, 9.17) is 15.9 Å². The first-order valence-electron chi connectivity index (χ1n) is 10.8. The molecule has 1 aromatic carbocycles. The minimum atomic E-state index is -1.43. The van der Waals surface area contributed by atoms with Crippen LogP contribution in [-0.4, -0.2) is 74.8 Å². The fraction of sp³-hybridized carbons (Fsp3) is 0.409. The van der Waals surface area contributed by atoms with E-state index in [0.29, 0.717) is 0 Å². The van der Waals surface area contributed by atoms with Crippen LogP contribution in [-0.2, 0) is 30.4 Å². The van der Waals surface area contributed by atoms with Gasteiger partial charge in [0.05, 0.1) is 6.04 Å². The second-order valence-electron chi connectivity index (χ2n) is 7.98. The number of carboxylic acid groups (broad SMARTS) is 2. The predicted molar refractivity (Wildman–Crippen MR) is 130 cm³/mol. The van der Waals surface area contributed by atoms with Crippen molar-refractivity contribution in [3.05, 3.63) is 36.0 Å². The largest absolute Gasteiger partial charge is 0.481 e. The highest BCUT2D eigenvalue weighted by atomic mass is 32.1. The molecule has 1 aromatic heterocycles. The minimum absolute atomic E-state index is 0.0813. The van der Waals surface area contributed by atoms with Crippen molar-refractivity contribution in [2.75, 3.05) is 5.75 Å². The van der Waals surface area contributed by atoms with Crippen molar-refractivity contribution in [3.8, 4) is 0 Å². The molecule has 12 nitrogen and oxygen atoms in total. The lowest BCUT2D eigenvalue weighted by molar-refractivity contribution is -0.143. The average molecular weight is 508 g/mol. The van der Waals surface area contributed by atoms with Gasteiger partial charge in [0.2, 0.25) is 17.7 Å². The summed E-state index contributed by atoms with van der Waals surface area (Å²) in [6.45, 7) is 1.32. The zero-order valence-electron chi connectivity index (χ0n) is 19.0. The summed E-state index contributed by atoms with van der Waals surface area (Å²) in [5.74, 6) is -4.81. The normalized spacial score (nSPS) is 14.4. The van der Waals surface area contributed by atoms with Gasteiger partial charge in [-0.2, -0.15) is 12.6 Å². The first-order valence-corrected chi connectivity index (χ1v) is 11.4. The van der Waals surface area contributed by atoms with Crippen molar-refractivity contribution >= 4 is 53.2 Å². The lowest BCUT2D eigenvalue weighted by atomic mass is 10.0. The second-order valence-corrected chi connectivity index (χ2v) is 8.34. The number of aromatic nitrogens is 1. The van der Waals surface area contributed by atoms with Crippen LogP contribution in [0.1, 0.15) is 25.3 Å². The maximum atomic E-state index is 12.6. The van der Waals surface area contributed by atoms with Crippen molar-refractivity contribution in [3.63, 3.8) is 0 Å². The Morgan fingerprint density at radius 1 is 1.00 bits per heavy atom. The highest BCUT2D eigenvalue weighted by Gasteiger charge is 2.28. The van der Waals surface area contributed by atoms with Gasteiger partial charge in [-0.3, -0.25) is 19.2 Å². The molecular weight excluding hydrogens is 478 g/mol. The lowest BCUT2D eigenvalue weighted by Crippen LogP contribution is -2.57. The number of benzene rings is 1. The molecule has 2 aromatic rings. The third-order valence-electron chi connectivity index (χ3n) is 5.28. The average Bonchev–Trinajstić information content (AvgIpc) is 3.21. The van der Waals surface area contributed by atoms with Crippen molar-refractivity contribution in [2.45, 2.75) is 50.4 Å². The molecule has 2 rings (SSSR count). The van der Waals surface area contributed by atoms with Gasteiger partial charge in [-0.25, -0.2) is 4.79 Å². The smallest absolute Gasteiger partial charge is 0.326 e. The van der Waals surface area contributed by atoms with Crippen LogP contribution in [0.4, 0.5) is 0 Å². The van der Waals surface area contributed by atoms with E-state index in [9.17, 15) is 24.0 Å². The third-order valence-corrected chi connectivity index (χ3v) is 5.65. The molecule has 0 aliphatic carbocycles. The third kappa shape index (κ3) is 8.00. The minimum Gasteiger partial charge on any atom is -0.481 e. The summed E-state index contributed by atoms with van der Waals surface area (Å²) >= 11 is 4.08. The number of carbonyl (C=O) groups is 5. The number of H-pyrrole nitrogens is 1. The fourth-order valence-corrected chi connectivity index (χ4v) is 3.56. The van der Waals surface area contributed by atoms with Crippen molar-refractivity contribution in [2.24, 2.45) is 5.73 Å². The van der Waals surface area contributed by atoms with E-state index in [-0.39, 0.29) is 18.6 Å². The number of carboxylic acids is 2. The van der Waals surface area contributed by atoms with Crippen LogP contribution in [0, 0.1) is 0 Å². The van der Waals surface area contributed by atoms with Crippen molar-refractivity contribution < 1.29 is 34.2 Å². The Bertz CT molecular complexity index is 1090. The second kappa shape index (κ2) is 12.8. The van der Waals surface area contributed by atoms with Gasteiger partial charge < -0.3 is 36.9 Å². The van der Waals surface area contributed by atoms with Gasteiger partial charge >= 0.3 is 11.9 Å². The van der Waals surface area contributed by atoms with Crippen LogP contribution in [0.15, 0.2) is 30.5 Å². The molecule has 0 fully saturated rings. The summed E-state index contributed by atoms with van der Waals surface area (Å²) in [5, 5.41) is 25.9. The van der Waals surface area contributed by atoms with Crippen LogP contribution < -0.4 is 21.7 Å². The van der Waals surface area contributed by atoms with Crippen LogP contribution in [0.2, 0.25) is 0 Å². The Labute approximate surface area is 206 Å². The van der Waals surface area contributed by atoms with Crippen molar-refractivity contribution in [1.29, 1.82) is 0 Å². The number of hydrogen-bond donors (Lipinski definition) is 8. The Kier molecular flexibility index (Phi) is 10.1. The zero-order valence-corrected chi connectivity index (χ0v) is 19.9. The van der Waals surface area contributed by atoms with Gasteiger partial charge in [0.25, 0.3) is 0 Å². The molecule has 190 valence electrons. The summed E-state index contributed by atoms with van der Waals surface area (Å²) < 4.78 is 0. The number of para-hydroxylation sites is 1. The summed E-state index contributed by atoms with van der Waals surface area (Å²) in [4.78, 5) is 62.5. The van der Waals surface area contributed by atoms with E-state index in [2.05, 4.69) is 33.6 Å². The quantitative estimate of drug-likeness (QED) is 0.164. The van der Waals surface area contributed by atoms with Crippen LogP contribution in [0.25, 0.3) is 10.9 Å². The zero-order chi connectivity index (χ0) is 26.1. The van der Waals surface area contributed by atoms with Crippen molar-refractivity contribution in [1.82, 2.24) is 20.9 Å². The molecule has 0 bridgehead atoms. The first-order chi connectivity index (χ1) is 16.5. The van der Waals surface area contributed by atoms with Gasteiger partial charge in [0.15, 0.2) is 0 Å². The molecule has 8 N–H and O–H groups in total. The van der Waals surface area contributed by atoms with Gasteiger partial charge in [-0.1, -0.05) is 18.2 Å². The van der Waals surface area contributed by atoms with Crippen LogP contribution in [0.5, 0.6) is 0 Å². The van der Waals surface area contributed by atoms with E-state index >= 15 is 0 Å². The van der Waals surface area contributed by atoms with Gasteiger partial charge in [0.1, 0.15) is 18.1 Å². The Morgan fingerprint density at radius 3 is 2.29 bits per heavy atom. The number of hydrogen-bond acceptors (Lipinski definition) is 7. The number of amides is 3. The maximum Gasteiger partial charge on any atom is 0.326 e. The van der Waals surface area contributed by atoms with E-state index in [1.165, 1.54) is 6.92 Å². The fourth-order valence-electron chi connectivity index (χ4n) is 3.30. The molecule has 0 aliphatic heterocycles. The number of thiol groups is 1. The predicted octanol–water partition coefficient (Wildman–Crippen LogP) is -0.609. The molecule has 35 heavy (non-hydrogen) atoms. The molecule has 0 aliphatic rings. The summed E-state index contributed by atoms with van der Waals surface area (Å²) in [6, 6.07) is 2.91. The molecule has 3 amide bonds. The summed E-state index contributed by atoms with van der Waals surface area (Å²) in [7, 11) is 0. The van der Waals surface area contributed by atoms with E-state index in [1.807, 2.05) is 24.3 Å². The van der Waals surface area contributed by atoms with Gasteiger partial charge in [-0.15, -0.1) is 0 Å². The molecule has 4 atom stereocenters. The van der Waals surface area contributed by atoms with Crippen LogP contribution >= 0.6 is 12.6 Å². The number of nitrogens with two attached hydrogens (primary N) is 1. The number of carbonyl (C=O) groups excluding carboxylic acids is 3. The van der Waals surface area contributed by atoms with E-state index in [1.54, 1.807) is 6.20 Å². The molecular formula is C22H29N5O7S. The topological polar surface area (TPSA) is 204 Å².